The Hall–Kier alpha value is -0.120. The average molecular weight is 130 g/mol. The monoisotopic (exact) mass is 130 g/mol. The van der Waals surface area contributed by atoms with E-state index in [4.69, 9.17) is 11.5 Å². The second-order valence-corrected chi connectivity index (χ2v) is 3.63. The minimum absolute atomic E-state index is 0.208. The smallest absolute Gasteiger partial charge is 0.0954 e. The highest BCUT2D eigenvalue weighted by molar-refractivity contribution is 4.80. The fourth-order valence-corrected chi connectivity index (χ4v) is 1.49. The number of nitrogens with two attached hydrogens (primary N) is 2. The van der Waals surface area contributed by atoms with Gasteiger partial charge in [0, 0.05) is 0 Å². The van der Waals surface area contributed by atoms with Crippen LogP contribution < -0.4 is 11.5 Å². The molecular weight excluding hydrogens is 114 g/mol. The molecule has 54 valence electrons. The molecule has 4 N–H and O–H groups in total. The Morgan fingerprint density at radius 2 is 1.44 bits per heavy atom. The minimum atomic E-state index is 0.208. The molecule has 3 nitrogen and oxygen atoms in total. The molecular formula is C6H16N3+. The molecule has 0 saturated carbocycles. The Balaban J connectivity index is 2.54. The molecule has 9 heavy (non-hydrogen) atoms. The summed E-state index contributed by atoms with van der Waals surface area (Å²) >= 11 is 0. The van der Waals surface area contributed by atoms with Crippen molar-refractivity contribution in [2.75, 3.05) is 27.2 Å². The third-order valence-corrected chi connectivity index (χ3v) is 1.96. The fraction of sp³-hybridized carbons (Fsp3) is 1.00. The average Bonchev–Trinajstić information content (AvgIpc) is 1.79. The van der Waals surface area contributed by atoms with Gasteiger partial charge in [-0.05, 0) is 0 Å². The SMILES string of the molecule is C[N+]1(C)CC(N)C(N)C1. The lowest BCUT2D eigenvalue weighted by atomic mass is 10.2. The van der Waals surface area contributed by atoms with Gasteiger partial charge in [-0.25, -0.2) is 0 Å². The molecule has 1 aliphatic heterocycles. The Bertz CT molecular complexity index is 98.9. The van der Waals surface area contributed by atoms with Crippen LogP contribution in [0.4, 0.5) is 0 Å². The highest BCUT2D eigenvalue weighted by Gasteiger charge is 2.34. The highest BCUT2D eigenvalue weighted by atomic mass is 15.3. The molecule has 0 aliphatic carbocycles. The number of likely N-dealkylation sites (tertiary alicyclic amines) is 1. The molecule has 1 fully saturated rings. The summed E-state index contributed by atoms with van der Waals surface area (Å²) in [5, 5.41) is 0. The van der Waals surface area contributed by atoms with Crippen molar-refractivity contribution in [3.8, 4) is 0 Å². The van der Waals surface area contributed by atoms with Crippen LogP contribution in [-0.2, 0) is 0 Å². The quantitative estimate of drug-likeness (QED) is 0.402. The lowest BCUT2D eigenvalue weighted by Crippen LogP contribution is -2.39. The van der Waals surface area contributed by atoms with Crippen molar-refractivity contribution in [1.82, 2.24) is 0 Å². The van der Waals surface area contributed by atoms with Gasteiger partial charge < -0.3 is 16.0 Å². The number of likely N-dealkylation sites (N-methyl/N-ethyl adjacent to an activating group) is 1. The van der Waals surface area contributed by atoms with Crippen LogP contribution in [0.3, 0.4) is 0 Å². The van der Waals surface area contributed by atoms with Gasteiger partial charge in [-0.2, -0.15) is 0 Å². The van der Waals surface area contributed by atoms with E-state index in [1.165, 1.54) is 0 Å². The second kappa shape index (κ2) is 1.94. The van der Waals surface area contributed by atoms with Gasteiger partial charge in [0.15, 0.2) is 0 Å². The Morgan fingerprint density at radius 3 is 1.56 bits per heavy atom. The van der Waals surface area contributed by atoms with Crippen LogP contribution in [0.25, 0.3) is 0 Å². The zero-order valence-corrected chi connectivity index (χ0v) is 6.17. The first kappa shape index (κ1) is 6.99. The van der Waals surface area contributed by atoms with E-state index in [9.17, 15) is 0 Å². The molecule has 0 aromatic carbocycles. The van der Waals surface area contributed by atoms with E-state index < -0.39 is 0 Å². The maximum absolute atomic E-state index is 5.71. The Morgan fingerprint density at radius 1 is 1.11 bits per heavy atom. The molecule has 2 unspecified atom stereocenters. The van der Waals surface area contributed by atoms with Gasteiger partial charge in [-0.1, -0.05) is 0 Å². The third kappa shape index (κ3) is 1.41. The summed E-state index contributed by atoms with van der Waals surface area (Å²) in [5.74, 6) is 0. The standard InChI is InChI=1S/C6H16N3/c1-9(2)3-5(7)6(8)4-9/h5-6H,3-4,7-8H2,1-2H3/q+1. The van der Waals surface area contributed by atoms with E-state index in [1.807, 2.05) is 0 Å². The summed E-state index contributed by atoms with van der Waals surface area (Å²) in [5.41, 5.74) is 11.4. The van der Waals surface area contributed by atoms with Gasteiger partial charge in [0.05, 0.1) is 39.3 Å². The Kier molecular flexibility index (Phi) is 1.50. The van der Waals surface area contributed by atoms with Crippen molar-refractivity contribution in [3.05, 3.63) is 0 Å². The van der Waals surface area contributed by atoms with Crippen molar-refractivity contribution >= 4 is 0 Å². The normalized spacial score (nSPS) is 41.3. The van der Waals surface area contributed by atoms with Crippen molar-refractivity contribution < 1.29 is 4.48 Å². The van der Waals surface area contributed by atoms with E-state index in [1.54, 1.807) is 0 Å². The van der Waals surface area contributed by atoms with Crippen LogP contribution in [0, 0.1) is 0 Å². The zero-order valence-electron chi connectivity index (χ0n) is 6.17. The molecule has 0 radical (unpaired) electrons. The first-order valence-corrected chi connectivity index (χ1v) is 3.34. The van der Waals surface area contributed by atoms with E-state index in [2.05, 4.69) is 14.1 Å². The summed E-state index contributed by atoms with van der Waals surface area (Å²) in [6.45, 7) is 2.03. The number of rotatable bonds is 0. The molecule has 1 rings (SSSR count). The van der Waals surface area contributed by atoms with Gasteiger partial charge in [0.25, 0.3) is 0 Å². The first-order chi connectivity index (χ1) is 4.01. The van der Waals surface area contributed by atoms with Crippen LogP contribution in [0.1, 0.15) is 0 Å². The number of hydrogen-bond donors (Lipinski definition) is 2. The molecule has 0 aromatic heterocycles. The van der Waals surface area contributed by atoms with Crippen LogP contribution in [0.2, 0.25) is 0 Å². The molecule has 1 saturated heterocycles. The molecule has 0 bridgehead atoms. The van der Waals surface area contributed by atoms with Crippen LogP contribution >= 0.6 is 0 Å². The van der Waals surface area contributed by atoms with Gasteiger partial charge in [-0.3, -0.25) is 0 Å². The highest BCUT2D eigenvalue weighted by Crippen LogP contribution is 2.10. The van der Waals surface area contributed by atoms with E-state index in [0.717, 1.165) is 17.6 Å². The summed E-state index contributed by atoms with van der Waals surface area (Å²) in [7, 11) is 4.32. The largest absolute Gasteiger partial charge is 0.326 e. The molecule has 2 atom stereocenters. The molecule has 1 aliphatic rings. The summed E-state index contributed by atoms with van der Waals surface area (Å²) in [6, 6.07) is 0.417. The lowest BCUT2D eigenvalue weighted by Gasteiger charge is -2.22. The van der Waals surface area contributed by atoms with E-state index in [0.29, 0.717) is 0 Å². The molecule has 3 heteroatoms. The summed E-state index contributed by atoms with van der Waals surface area (Å²) in [6.07, 6.45) is 0. The first-order valence-electron chi connectivity index (χ1n) is 3.34. The molecule has 0 amide bonds. The van der Waals surface area contributed by atoms with Crippen molar-refractivity contribution in [3.63, 3.8) is 0 Å². The second-order valence-electron chi connectivity index (χ2n) is 3.63. The molecule has 1 heterocycles. The van der Waals surface area contributed by atoms with Crippen LogP contribution in [0.15, 0.2) is 0 Å². The van der Waals surface area contributed by atoms with E-state index >= 15 is 0 Å². The molecule has 0 spiro atoms. The maximum Gasteiger partial charge on any atom is 0.0954 e. The van der Waals surface area contributed by atoms with Gasteiger partial charge in [0.2, 0.25) is 0 Å². The van der Waals surface area contributed by atoms with Crippen molar-refractivity contribution in [2.24, 2.45) is 11.5 Å². The van der Waals surface area contributed by atoms with Crippen molar-refractivity contribution in [2.45, 2.75) is 12.1 Å². The minimum Gasteiger partial charge on any atom is -0.326 e. The van der Waals surface area contributed by atoms with Gasteiger partial charge >= 0.3 is 0 Å². The van der Waals surface area contributed by atoms with Crippen LogP contribution in [-0.4, -0.2) is 43.8 Å². The predicted molar refractivity (Wildman–Crippen MR) is 37.8 cm³/mol. The topological polar surface area (TPSA) is 52.0 Å². The van der Waals surface area contributed by atoms with Gasteiger partial charge in [0.1, 0.15) is 0 Å². The number of quaternary nitrogens is 1. The third-order valence-electron chi connectivity index (χ3n) is 1.96. The summed E-state index contributed by atoms with van der Waals surface area (Å²) < 4.78 is 0.975. The molecule has 0 aromatic rings. The van der Waals surface area contributed by atoms with Crippen molar-refractivity contribution in [1.29, 1.82) is 0 Å². The summed E-state index contributed by atoms with van der Waals surface area (Å²) in [4.78, 5) is 0. The maximum atomic E-state index is 5.71. The van der Waals surface area contributed by atoms with E-state index in [-0.39, 0.29) is 12.1 Å². The zero-order chi connectivity index (χ0) is 7.07. The van der Waals surface area contributed by atoms with Crippen LogP contribution in [0.5, 0.6) is 0 Å². The number of nitrogens with zero attached hydrogens (tertiary/aromatic N) is 1. The number of hydrogen-bond acceptors (Lipinski definition) is 2. The fourth-order valence-electron chi connectivity index (χ4n) is 1.49. The predicted octanol–water partition coefficient (Wildman–Crippen LogP) is -1.27. The Labute approximate surface area is 56.2 Å². The van der Waals surface area contributed by atoms with Gasteiger partial charge in [-0.15, -0.1) is 0 Å². The lowest BCUT2D eigenvalue weighted by molar-refractivity contribution is -0.878.